The highest BCUT2D eigenvalue weighted by Gasteiger charge is 2.23. The molecule has 1 saturated carbocycles. The third-order valence-electron chi connectivity index (χ3n) is 4.97. The van der Waals surface area contributed by atoms with E-state index >= 15 is 0 Å². The normalized spacial score (nSPS) is 19.3. The SMILES string of the molecule is CCCN(C)CC#CC1CCC(CN(C)C(=O)Oc2ccc(F)cc2)CC1. The van der Waals surface area contributed by atoms with E-state index in [4.69, 9.17) is 4.74 Å². The highest BCUT2D eigenvalue weighted by molar-refractivity contribution is 5.70. The van der Waals surface area contributed by atoms with Crippen LogP contribution >= 0.6 is 0 Å². The zero-order valence-electron chi connectivity index (χ0n) is 16.7. The molecule has 148 valence electrons. The standard InChI is InChI=1S/C22H31FN2O2/c1-4-15-24(2)16-5-6-18-7-9-19(10-8-18)17-25(3)22(26)27-21-13-11-20(23)12-14-21/h11-14,18-19H,4,7-10,15-17H2,1-3H3. The van der Waals surface area contributed by atoms with Gasteiger partial charge in [-0.2, -0.15) is 0 Å². The van der Waals surface area contributed by atoms with Crippen LogP contribution in [0.2, 0.25) is 0 Å². The van der Waals surface area contributed by atoms with E-state index in [1.165, 1.54) is 24.3 Å². The lowest BCUT2D eigenvalue weighted by Gasteiger charge is -2.29. The van der Waals surface area contributed by atoms with Gasteiger partial charge in [0.25, 0.3) is 0 Å². The molecule has 1 amide bonds. The first-order valence-electron chi connectivity index (χ1n) is 9.83. The molecule has 5 heteroatoms. The number of amides is 1. The van der Waals surface area contributed by atoms with Crippen LogP contribution in [0.5, 0.6) is 5.75 Å². The zero-order chi connectivity index (χ0) is 19.6. The molecule has 0 unspecified atom stereocenters. The highest BCUT2D eigenvalue weighted by Crippen LogP contribution is 2.29. The Morgan fingerprint density at radius 1 is 1.19 bits per heavy atom. The molecule has 4 nitrogen and oxygen atoms in total. The maximum atomic E-state index is 12.9. The molecule has 1 aliphatic carbocycles. The van der Waals surface area contributed by atoms with Crippen LogP contribution in [-0.4, -0.2) is 49.6 Å². The number of rotatable bonds is 6. The van der Waals surface area contributed by atoms with Crippen molar-refractivity contribution in [2.45, 2.75) is 39.0 Å². The van der Waals surface area contributed by atoms with Crippen LogP contribution in [0.1, 0.15) is 39.0 Å². The van der Waals surface area contributed by atoms with Gasteiger partial charge in [-0.15, -0.1) is 0 Å². The van der Waals surface area contributed by atoms with Crippen LogP contribution in [0.4, 0.5) is 9.18 Å². The summed E-state index contributed by atoms with van der Waals surface area (Å²) in [4.78, 5) is 16.0. The first kappa shape index (κ1) is 21.2. The number of carbonyl (C=O) groups excluding carboxylic acids is 1. The molecule has 1 aliphatic rings. The van der Waals surface area contributed by atoms with Gasteiger partial charge < -0.3 is 9.64 Å². The van der Waals surface area contributed by atoms with E-state index in [2.05, 4.69) is 30.7 Å². The number of hydrogen-bond acceptors (Lipinski definition) is 3. The van der Waals surface area contributed by atoms with Crippen molar-refractivity contribution in [3.8, 4) is 17.6 Å². The van der Waals surface area contributed by atoms with E-state index in [1.54, 1.807) is 11.9 Å². The maximum absolute atomic E-state index is 12.9. The summed E-state index contributed by atoms with van der Waals surface area (Å²) in [5.41, 5.74) is 0. The van der Waals surface area contributed by atoms with Crippen LogP contribution < -0.4 is 4.74 Å². The van der Waals surface area contributed by atoms with Gasteiger partial charge in [0.15, 0.2) is 0 Å². The van der Waals surface area contributed by atoms with Gasteiger partial charge in [-0.1, -0.05) is 18.8 Å². The van der Waals surface area contributed by atoms with E-state index in [9.17, 15) is 9.18 Å². The van der Waals surface area contributed by atoms with Crippen molar-refractivity contribution in [2.75, 3.05) is 33.7 Å². The third-order valence-corrected chi connectivity index (χ3v) is 4.97. The van der Waals surface area contributed by atoms with Gasteiger partial charge >= 0.3 is 6.09 Å². The van der Waals surface area contributed by atoms with Crippen LogP contribution in [-0.2, 0) is 0 Å². The number of nitrogens with zero attached hydrogens (tertiary/aromatic N) is 2. The van der Waals surface area contributed by atoms with E-state index in [0.717, 1.165) is 45.2 Å². The Hall–Kier alpha value is -2.06. The van der Waals surface area contributed by atoms with Gasteiger partial charge in [0, 0.05) is 19.5 Å². The molecule has 0 heterocycles. The smallest absolute Gasteiger partial charge is 0.410 e. The second-order valence-electron chi connectivity index (χ2n) is 7.48. The molecular weight excluding hydrogens is 343 g/mol. The Morgan fingerprint density at radius 3 is 2.48 bits per heavy atom. The molecular formula is C22H31FN2O2. The third kappa shape index (κ3) is 7.60. The summed E-state index contributed by atoms with van der Waals surface area (Å²) in [6, 6.07) is 5.49. The van der Waals surface area contributed by atoms with Gasteiger partial charge in [-0.05, 0) is 75.9 Å². The topological polar surface area (TPSA) is 32.8 Å². The fourth-order valence-electron chi connectivity index (χ4n) is 3.42. The van der Waals surface area contributed by atoms with E-state index < -0.39 is 6.09 Å². The molecule has 1 aromatic carbocycles. The largest absolute Gasteiger partial charge is 0.414 e. The second-order valence-corrected chi connectivity index (χ2v) is 7.48. The average molecular weight is 375 g/mol. The van der Waals surface area contributed by atoms with E-state index in [1.807, 2.05) is 0 Å². The van der Waals surface area contributed by atoms with Crippen LogP contribution in [0.3, 0.4) is 0 Å². The average Bonchev–Trinajstić information content (AvgIpc) is 2.65. The molecule has 0 aromatic heterocycles. The Labute approximate surface area is 162 Å². The van der Waals surface area contributed by atoms with Crippen molar-refractivity contribution in [3.05, 3.63) is 30.1 Å². The van der Waals surface area contributed by atoms with Crippen molar-refractivity contribution >= 4 is 6.09 Å². The predicted octanol–water partition coefficient (Wildman–Crippen LogP) is 4.41. The van der Waals surface area contributed by atoms with Crippen molar-refractivity contribution < 1.29 is 13.9 Å². The molecule has 1 aromatic rings. The summed E-state index contributed by atoms with van der Waals surface area (Å²) >= 11 is 0. The zero-order valence-corrected chi connectivity index (χ0v) is 16.7. The first-order valence-corrected chi connectivity index (χ1v) is 9.83. The van der Waals surface area contributed by atoms with Crippen molar-refractivity contribution in [1.29, 1.82) is 0 Å². The van der Waals surface area contributed by atoms with E-state index in [-0.39, 0.29) is 5.82 Å². The van der Waals surface area contributed by atoms with Crippen LogP contribution in [0.25, 0.3) is 0 Å². The van der Waals surface area contributed by atoms with Crippen molar-refractivity contribution in [3.63, 3.8) is 0 Å². The van der Waals surface area contributed by atoms with Gasteiger partial charge in [0.1, 0.15) is 11.6 Å². The molecule has 0 aliphatic heterocycles. The lowest BCUT2D eigenvalue weighted by Crippen LogP contribution is -2.35. The number of halogens is 1. The molecule has 27 heavy (non-hydrogen) atoms. The number of carbonyl (C=O) groups is 1. The molecule has 1 fully saturated rings. The summed E-state index contributed by atoms with van der Waals surface area (Å²) in [7, 11) is 3.86. The van der Waals surface area contributed by atoms with Gasteiger partial charge in [-0.3, -0.25) is 4.90 Å². The van der Waals surface area contributed by atoms with Crippen molar-refractivity contribution in [1.82, 2.24) is 9.80 Å². The lowest BCUT2D eigenvalue weighted by atomic mass is 9.82. The summed E-state index contributed by atoms with van der Waals surface area (Å²) in [6.07, 6.45) is 5.10. The van der Waals surface area contributed by atoms with Crippen LogP contribution in [0, 0.1) is 29.5 Å². The summed E-state index contributed by atoms with van der Waals surface area (Å²) in [5, 5.41) is 0. The summed E-state index contributed by atoms with van der Waals surface area (Å²) < 4.78 is 18.2. The van der Waals surface area contributed by atoms with E-state index in [0.29, 0.717) is 24.1 Å². The lowest BCUT2D eigenvalue weighted by molar-refractivity contribution is 0.148. The second kappa shape index (κ2) is 10.9. The predicted molar refractivity (Wildman–Crippen MR) is 106 cm³/mol. The Morgan fingerprint density at radius 2 is 1.85 bits per heavy atom. The minimum absolute atomic E-state index is 0.347. The fourth-order valence-corrected chi connectivity index (χ4v) is 3.42. The van der Waals surface area contributed by atoms with Gasteiger partial charge in [0.2, 0.25) is 0 Å². The molecule has 2 rings (SSSR count). The van der Waals surface area contributed by atoms with Gasteiger partial charge in [-0.25, -0.2) is 9.18 Å². The minimum atomic E-state index is -0.400. The van der Waals surface area contributed by atoms with Gasteiger partial charge in [0.05, 0.1) is 6.54 Å². The molecule has 0 N–H and O–H groups in total. The highest BCUT2D eigenvalue weighted by atomic mass is 19.1. The molecule has 0 atom stereocenters. The summed E-state index contributed by atoms with van der Waals surface area (Å²) in [5.74, 6) is 7.70. The molecule has 0 radical (unpaired) electrons. The summed E-state index contributed by atoms with van der Waals surface area (Å²) in [6.45, 7) is 4.78. The monoisotopic (exact) mass is 374 g/mol. The quantitative estimate of drug-likeness (QED) is 0.692. The van der Waals surface area contributed by atoms with Crippen molar-refractivity contribution in [2.24, 2.45) is 11.8 Å². The Bertz CT molecular complexity index is 643. The molecule has 0 spiro atoms. The maximum Gasteiger partial charge on any atom is 0.414 e. The number of hydrogen-bond donors (Lipinski definition) is 0. The molecule has 0 saturated heterocycles. The Balaban J connectivity index is 1.70. The number of benzene rings is 1. The Kier molecular flexibility index (Phi) is 8.60. The first-order chi connectivity index (χ1) is 13.0. The molecule has 0 bridgehead atoms. The fraction of sp³-hybridized carbons (Fsp3) is 0.591. The number of ether oxygens (including phenoxy) is 1. The van der Waals surface area contributed by atoms with Crippen LogP contribution in [0.15, 0.2) is 24.3 Å². The minimum Gasteiger partial charge on any atom is -0.410 e.